The number of nitrogens with zero attached hydrogens (tertiary/aromatic N) is 2. The monoisotopic (exact) mass is 291 g/mol. The Bertz CT molecular complexity index is 349. The second-order valence-electron chi connectivity index (χ2n) is 7.11. The van der Waals surface area contributed by atoms with Crippen LogP contribution >= 0.6 is 0 Å². The topological polar surface area (TPSA) is 39.1 Å². The molecule has 0 aromatic rings. The minimum atomic E-state index is -0.255. The molecular weight excluding hydrogens is 258 g/mol. The number of hydrogen-bond donors (Lipinski definition) is 1. The van der Waals surface area contributed by atoms with Crippen LogP contribution in [0.5, 0.6) is 0 Å². The summed E-state index contributed by atoms with van der Waals surface area (Å²) in [6.45, 7) is 7.97. The van der Waals surface area contributed by atoms with Crippen LogP contribution in [0.2, 0.25) is 0 Å². The second-order valence-corrected chi connectivity index (χ2v) is 7.11. The normalized spacial score (nSPS) is 35.1. The lowest BCUT2D eigenvalue weighted by Gasteiger charge is -2.41. The Balaban J connectivity index is 1.95. The average molecular weight is 291 g/mol. The Morgan fingerprint density at radius 1 is 1.19 bits per heavy atom. The van der Waals surface area contributed by atoms with Gasteiger partial charge in [-0.3, -0.25) is 5.32 Å². The molecule has 1 heterocycles. The van der Waals surface area contributed by atoms with Gasteiger partial charge in [0, 0.05) is 6.04 Å². The summed E-state index contributed by atoms with van der Waals surface area (Å²) in [7, 11) is 0. The zero-order chi connectivity index (χ0) is 15.1. The highest BCUT2D eigenvalue weighted by atomic mass is 15.2. The van der Waals surface area contributed by atoms with Crippen LogP contribution in [0.4, 0.5) is 0 Å². The lowest BCUT2D eigenvalue weighted by Crippen LogP contribution is -2.53. The van der Waals surface area contributed by atoms with Gasteiger partial charge in [-0.15, -0.1) is 0 Å². The molecule has 3 nitrogen and oxygen atoms in total. The molecule has 3 atom stereocenters. The van der Waals surface area contributed by atoms with Gasteiger partial charge in [0.05, 0.1) is 6.07 Å². The van der Waals surface area contributed by atoms with Gasteiger partial charge in [-0.2, -0.15) is 5.26 Å². The molecule has 0 aromatic carbocycles. The van der Waals surface area contributed by atoms with Gasteiger partial charge in [-0.1, -0.05) is 20.3 Å². The lowest BCUT2D eigenvalue weighted by molar-refractivity contribution is 0.122. The van der Waals surface area contributed by atoms with E-state index in [1.807, 2.05) is 0 Å². The van der Waals surface area contributed by atoms with Gasteiger partial charge in [0.25, 0.3) is 0 Å². The van der Waals surface area contributed by atoms with Gasteiger partial charge in [0.2, 0.25) is 0 Å². The number of nitrogens with one attached hydrogen (secondary N) is 1. The van der Waals surface area contributed by atoms with Crippen LogP contribution in [0.3, 0.4) is 0 Å². The average Bonchev–Trinajstić information content (AvgIpc) is 2.78. The predicted octanol–water partition coefficient (Wildman–Crippen LogP) is 3.70. The quantitative estimate of drug-likeness (QED) is 0.839. The van der Waals surface area contributed by atoms with Crippen LogP contribution in [0, 0.1) is 17.2 Å². The Morgan fingerprint density at radius 2 is 2.05 bits per heavy atom. The van der Waals surface area contributed by atoms with E-state index in [0.29, 0.717) is 6.04 Å². The highest BCUT2D eigenvalue weighted by Crippen LogP contribution is 2.33. The molecular formula is C18H33N3. The molecule has 21 heavy (non-hydrogen) atoms. The number of likely N-dealkylation sites (tertiary alicyclic amines) is 1. The van der Waals surface area contributed by atoms with Gasteiger partial charge in [-0.05, 0) is 76.9 Å². The molecule has 1 saturated heterocycles. The van der Waals surface area contributed by atoms with Crippen LogP contribution in [0.25, 0.3) is 0 Å². The van der Waals surface area contributed by atoms with Crippen molar-refractivity contribution in [3.8, 4) is 6.07 Å². The third kappa shape index (κ3) is 4.44. The first-order valence-corrected chi connectivity index (χ1v) is 9.13. The van der Waals surface area contributed by atoms with Gasteiger partial charge >= 0.3 is 0 Å². The standard InChI is InChI=1S/C18H33N3/c1-3-11-20-18(15-19)10-5-8-17(14-18)21-12-6-7-16(4-2)9-13-21/h16-17,20H,3-14H2,1-2H3. The summed E-state index contributed by atoms with van der Waals surface area (Å²) in [6.07, 6.45) is 11.1. The van der Waals surface area contributed by atoms with Crippen molar-refractivity contribution in [2.75, 3.05) is 19.6 Å². The van der Waals surface area contributed by atoms with Crippen molar-refractivity contribution in [1.29, 1.82) is 5.26 Å². The Hall–Kier alpha value is -0.590. The van der Waals surface area contributed by atoms with Crippen molar-refractivity contribution in [1.82, 2.24) is 10.2 Å². The van der Waals surface area contributed by atoms with Crippen molar-refractivity contribution in [2.24, 2.45) is 5.92 Å². The molecule has 3 unspecified atom stereocenters. The minimum Gasteiger partial charge on any atom is -0.300 e. The lowest BCUT2D eigenvalue weighted by atomic mass is 9.79. The van der Waals surface area contributed by atoms with E-state index in [1.54, 1.807) is 0 Å². The first-order valence-electron chi connectivity index (χ1n) is 9.13. The van der Waals surface area contributed by atoms with Crippen LogP contribution in [-0.2, 0) is 0 Å². The zero-order valence-electron chi connectivity index (χ0n) is 14.0. The molecule has 0 radical (unpaired) electrons. The summed E-state index contributed by atoms with van der Waals surface area (Å²) in [6, 6.07) is 3.24. The molecule has 2 rings (SSSR count). The maximum atomic E-state index is 9.69. The number of hydrogen-bond acceptors (Lipinski definition) is 3. The summed E-state index contributed by atoms with van der Waals surface area (Å²) in [4.78, 5) is 2.70. The Labute approximate surface area is 131 Å². The van der Waals surface area contributed by atoms with Crippen LogP contribution in [0.15, 0.2) is 0 Å². The molecule has 1 aliphatic heterocycles. The largest absolute Gasteiger partial charge is 0.300 e. The summed E-state index contributed by atoms with van der Waals surface area (Å²) < 4.78 is 0. The van der Waals surface area contributed by atoms with Crippen LogP contribution in [-0.4, -0.2) is 36.1 Å². The summed E-state index contributed by atoms with van der Waals surface area (Å²) in [5.74, 6) is 0.928. The van der Waals surface area contributed by atoms with Crippen molar-refractivity contribution in [2.45, 2.75) is 83.2 Å². The fraction of sp³-hybridized carbons (Fsp3) is 0.944. The molecule has 120 valence electrons. The molecule has 0 aromatic heterocycles. The smallest absolute Gasteiger partial charge is 0.108 e. The highest BCUT2D eigenvalue weighted by Gasteiger charge is 2.38. The van der Waals surface area contributed by atoms with Gasteiger partial charge < -0.3 is 4.90 Å². The number of rotatable bonds is 5. The van der Waals surface area contributed by atoms with Crippen molar-refractivity contribution < 1.29 is 0 Å². The fourth-order valence-electron chi connectivity index (χ4n) is 4.18. The van der Waals surface area contributed by atoms with E-state index in [1.165, 1.54) is 51.6 Å². The van der Waals surface area contributed by atoms with Crippen molar-refractivity contribution >= 4 is 0 Å². The molecule has 2 fully saturated rings. The molecule has 1 aliphatic carbocycles. The molecule has 0 bridgehead atoms. The second kappa shape index (κ2) is 8.15. The van der Waals surface area contributed by atoms with Gasteiger partial charge in [0.15, 0.2) is 0 Å². The third-order valence-electron chi connectivity index (χ3n) is 5.63. The molecule has 0 amide bonds. The summed E-state index contributed by atoms with van der Waals surface area (Å²) in [5.41, 5.74) is -0.255. The predicted molar refractivity (Wildman–Crippen MR) is 88.1 cm³/mol. The van der Waals surface area contributed by atoms with Crippen LogP contribution in [0.1, 0.15) is 71.6 Å². The molecule has 0 spiro atoms. The van der Waals surface area contributed by atoms with E-state index >= 15 is 0 Å². The van der Waals surface area contributed by atoms with Crippen molar-refractivity contribution in [3.05, 3.63) is 0 Å². The Kier molecular flexibility index (Phi) is 6.51. The maximum absolute atomic E-state index is 9.69. The molecule has 1 saturated carbocycles. The third-order valence-corrected chi connectivity index (χ3v) is 5.63. The fourth-order valence-corrected chi connectivity index (χ4v) is 4.18. The zero-order valence-corrected chi connectivity index (χ0v) is 14.0. The first kappa shape index (κ1) is 16.8. The summed E-state index contributed by atoms with van der Waals surface area (Å²) >= 11 is 0. The number of nitriles is 1. The molecule has 3 heteroatoms. The summed E-state index contributed by atoms with van der Waals surface area (Å²) in [5, 5.41) is 13.2. The van der Waals surface area contributed by atoms with E-state index in [2.05, 4.69) is 30.1 Å². The van der Waals surface area contributed by atoms with Crippen LogP contribution < -0.4 is 5.32 Å². The van der Waals surface area contributed by atoms with E-state index in [4.69, 9.17) is 0 Å². The van der Waals surface area contributed by atoms with Crippen molar-refractivity contribution in [3.63, 3.8) is 0 Å². The van der Waals surface area contributed by atoms with E-state index < -0.39 is 0 Å². The SMILES string of the molecule is CCCNC1(C#N)CCCC(N2CCCC(CC)CC2)C1. The van der Waals surface area contributed by atoms with E-state index in [-0.39, 0.29) is 5.54 Å². The van der Waals surface area contributed by atoms with E-state index in [9.17, 15) is 5.26 Å². The molecule has 2 aliphatic rings. The highest BCUT2D eigenvalue weighted by molar-refractivity contribution is 5.11. The molecule has 1 N–H and O–H groups in total. The van der Waals surface area contributed by atoms with E-state index in [0.717, 1.165) is 31.7 Å². The van der Waals surface area contributed by atoms with Gasteiger partial charge in [-0.25, -0.2) is 0 Å². The Morgan fingerprint density at radius 3 is 2.76 bits per heavy atom. The first-order chi connectivity index (χ1) is 10.2. The maximum Gasteiger partial charge on any atom is 0.108 e. The van der Waals surface area contributed by atoms with Gasteiger partial charge in [0.1, 0.15) is 5.54 Å². The minimum absolute atomic E-state index is 0.255.